The first-order chi connectivity index (χ1) is 6.73. The Balaban J connectivity index is 1.78. The van der Waals surface area contributed by atoms with Crippen LogP contribution in [0.25, 0.3) is 0 Å². The topological polar surface area (TPSA) is 24.1 Å². The average molecular weight is 194 g/mol. The molecule has 1 saturated heterocycles. The molecular formula is C12H22N2. The van der Waals surface area contributed by atoms with Crippen LogP contribution in [0.4, 0.5) is 0 Å². The normalized spacial score (nSPS) is 45.6. The fourth-order valence-corrected chi connectivity index (χ4v) is 3.68. The maximum absolute atomic E-state index is 3.98. The molecule has 2 atom stereocenters. The first-order valence-electron chi connectivity index (χ1n) is 6.25. The van der Waals surface area contributed by atoms with Gasteiger partial charge in [0.15, 0.2) is 0 Å². The average Bonchev–Trinajstić information content (AvgIpc) is 2.13. The summed E-state index contributed by atoms with van der Waals surface area (Å²) in [6, 6.07) is 0.738. The van der Waals surface area contributed by atoms with E-state index in [1.165, 1.54) is 51.5 Å². The molecule has 0 aromatic carbocycles. The highest BCUT2D eigenvalue weighted by Gasteiger charge is 2.49. The van der Waals surface area contributed by atoms with Crippen molar-refractivity contribution < 1.29 is 0 Å². The Labute approximate surface area is 86.8 Å². The number of nitrogens with one attached hydrogen (secondary N) is 2. The summed E-state index contributed by atoms with van der Waals surface area (Å²) in [5, 5.41) is 7.77. The van der Waals surface area contributed by atoms with Crippen molar-refractivity contribution in [3.8, 4) is 0 Å². The highest BCUT2D eigenvalue weighted by atomic mass is 15.2. The van der Waals surface area contributed by atoms with E-state index in [1.54, 1.807) is 0 Å². The predicted octanol–water partition coefficient (Wildman–Crippen LogP) is 1.80. The van der Waals surface area contributed by atoms with Gasteiger partial charge in [0.2, 0.25) is 0 Å². The third-order valence-electron chi connectivity index (χ3n) is 4.76. The highest BCUT2D eigenvalue weighted by molar-refractivity contribution is 5.12. The van der Waals surface area contributed by atoms with E-state index in [0.29, 0.717) is 11.1 Å². The van der Waals surface area contributed by atoms with E-state index in [0.717, 1.165) is 6.04 Å². The van der Waals surface area contributed by atoms with Crippen LogP contribution >= 0.6 is 0 Å². The van der Waals surface area contributed by atoms with Gasteiger partial charge in [-0.3, -0.25) is 0 Å². The van der Waals surface area contributed by atoms with Gasteiger partial charge in [-0.2, -0.15) is 0 Å². The highest BCUT2D eigenvalue weighted by Crippen LogP contribution is 2.40. The van der Waals surface area contributed by atoms with E-state index in [2.05, 4.69) is 17.6 Å². The molecule has 3 fully saturated rings. The second kappa shape index (κ2) is 2.96. The maximum atomic E-state index is 3.98. The third-order valence-corrected chi connectivity index (χ3v) is 4.76. The fraction of sp³-hybridized carbons (Fsp3) is 1.00. The molecule has 1 spiro atoms. The van der Waals surface area contributed by atoms with Crippen LogP contribution in [0.1, 0.15) is 51.9 Å². The summed E-state index contributed by atoms with van der Waals surface area (Å²) in [5.41, 5.74) is 0.888. The molecule has 0 aromatic rings. The molecule has 3 aliphatic rings. The molecule has 80 valence electrons. The molecule has 14 heavy (non-hydrogen) atoms. The van der Waals surface area contributed by atoms with Crippen LogP contribution in [0.15, 0.2) is 0 Å². The third kappa shape index (κ3) is 1.24. The molecule has 0 aromatic heterocycles. The predicted molar refractivity (Wildman–Crippen MR) is 58.4 cm³/mol. The van der Waals surface area contributed by atoms with Gasteiger partial charge in [-0.1, -0.05) is 12.8 Å². The van der Waals surface area contributed by atoms with Crippen LogP contribution in [0.5, 0.6) is 0 Å². The molecule has 2 nitrogen and oxygen atoms in total. The van der Waals surface area contributed by atoms with Gasteiger partial charge < -0.3 is 10.6 Å². The van der Waals surface area contributed by atoms with Crippen LogP contribution in [-0.4, -0.2) is 23.7 Å². The Morgan fingerprint density at radius 2 is 1.93 bits per heavy atom. The summed E-state index contributed by atoms with van der Waals surface area (Å²) in [6.07, 6.45) is 9.78. The molecule has 2 aliphatic carbocycles. The quantitative estimate of drug-likeness (QED) is 0.614. The van der Waals surface area contributed by atoms with Crippen molar-refractivity contribution in [2.45, 2.75) is 69.0 Å². The molecule has 0 bridgehead atoms. The lowest BCUT2D eigenvalue weighted by atomic mass is 9.68. The van der Waals surface area contributed by atoms with Gasteiger partial charge in [0.05, 0.1) is 0 Å². The van der Waals surface area contributed by atoms with Crippen molar-refractivity contribution in [1.29, 1.82) is 0 Å². The van der Waals surface area contributed by atoms with E-state index in [1.807, 2.05) is 0 Å². The zero-order valence-electron chi connectivity index (χ0n) is 9.23. The fourth-order valence-electron chi connectivity index (χ4n) is 3.68. The van der Waals surface area contributed by atoms with Crippen molar-refractivity contribution in [3.05, 3.63) is 0 Å². The monoisotopic (exact) mass is 194 g/mol. The van der Waals surface area contributed by atoms with E-state index < -0.39 is 0 Å². The van der Waals surface area contributed by atoms with Gasteiger partial charge in [-0.05, 0) is 39.0 Å². The summed E-state index contributed by atoms with van der Waals surface area (Å²) in [6.45, 7) is 3.65. The number of piperazine rings is 1. The lowest BCUT2D eigenvalue weighted by molar-refractivity contribution is 0.0328. The minimum atomic E-state index is 0.400. The Bertz CT molecular complexity index is 234. The van der Waals surface area contributed by atoms with Gasteiger partial charge in [-0.15, -0.1) is 0 Å². The molecule has 0 radical (unpaired) electrons. The molecule has 1 aliphatic heterocycles. The molecule has 3 rings (SSSR count). The van der Waals surface area contributed by atoms with E-state index in [-0.39, 0.29) is 0 Å². The zero-order valence-corrected chi connectivity index (χ0v) is 9.23. The van der Waals surface area contributed by atoms with Crippen LogP contribution < -0.4 is 10.6 Å². The van der Waals surface area contributed by atoms with Gasteiger partial charge in [-0.25, -0.2) is 0 Å². The summed E-state index contributed by atoms with van der Waals surface area (Å²) < 4.78 is 0. The number of hydrogen-bond acceptors (Lipinski definition) is 2. The van der Waals surface area contributed by atoms with Crippen molar-refractivity contribution in [2.75, 3.05) is 6.54 Å². The number of fused-ring (bicyclic) bond motifs is 1. The Kier molecular flexibility index (Phi) is 1.94. The Hall–Kier alpha value is -0.0800. The van der Waals surface area contributed by atoms with Crippen molar-refractivity contribution >= 4 is 0 Å². The smallest absolute Gasteiger partial charge is 0.0312 e. The number of rotatable bonds is 0. The first-order valence-corrected chi connectivity index (χ1v) is 6.25. The molecule has 1 unspecified atom stereocenters. The summed E-state index contributed by atoms with van der Waals surface area (Å²) >= 11 is 0. The molecular weight excluding hydrogens is 172 g/mol. The Morgan fingerprint density at radius 1 is 1.07 bits per heavy atom. The largest absolute Gasteiger partial charge is 0.310 e. The zero-order chi connectivity index (χ0) is 9.65. The lowest BCUT2D eigenvalue weighted by Gasteiger charge is -2.58. The second-order valence-corrected chi connectivity index (χ2v) is 5.86. The van der Waals surface area contributed by atoms with E-state index in [4.69, 9.17) is 0 Å². The van der Waals surface area contributed by atoms with Crippen LogP contribution in [0.2, 0.25) is 0 Å². The minimum absolute atomic E-state index is 0.400. The van der Waals surface area contributed by atoms with Gasteiger partial charge in [0.25, 0.3) is 0 Å². The molecule has 1 heterocycles. The molecule has 0 amide bonds. The molecule has 2 heteroatoms. The molecule has 2 saturated carbocycles. The Morgan fingerprint density at radius 3 is 2.64 bits per heavy atom. The van der Waals surface area contributed by atoms with Crippen LogP contribution in [0, 0.1) is 0 Å². The van der Waals surface area contributed by atoms with E-state index >= 15 is 0 Å². The summed E-state index contributed by atoms with van der Waals surface area (Å²) in [7, 11) is 0. The summed E-state index contributed by atoms with van der Waals surface area (Å²) in [5.74, 6) is 0. The van der Waals surface area contributed by atoms with E-state index in [9.17, 15) is 0 Å². The van der Waals surface area contributed by atoms with Gasteiger partial charge >= 0.3 is 0 Å². The number of hydrogen-bond donors (Lipinski definition) is 2. The molecule has 2 N–H and O–H groups in total. The SMILES string of the molecule is CC12CCCC[C@H]1NCC1(CCC1)N2. The van der Waals surface area contributed by atoms with Crippen LogP contribution in [-0.2, 0) is 0 Å². The lowest BCUT2D eigenvalue weighted by Crippen LogP contribution is -2.76. The summed E-state index contributed by atoms with van der Waals surface area (Å²) in [4.78, 5) is 0. The minimum Gasteiger partial charge on any atom is -0.310 e. The van der Waals surface area contributed by atoms with Crippen LogP contribution in [0.3, 0.4) is 0 Å². The maximum Gasteiger partial charge on any atom is 0.0312 e. The standard InChI is InChI=1S/C12H22N2/c1-11-6-3-2-5-10(11)13-9-12(14-11)7-4-8-12/h10,13-14H,2-9H2,1H3/t10-,11?/m1/s1. The first kappa shape index (κ1) is 9.17. The van der Waals surface area contributed by atoms with Gasteiger partial charge in [0, 0.05) is 23.7 Å². The van der Waals surface area contributed by atoms with Gasteiger partial charge in [0.1, 0.15) is 0 Å². The van der Waals surface area contributed by atoms with Crippen molar-refractivity contribution in [2.24, 2.45) is 0 Å². The second-order valence-electron chi connectivity index (χ2n) is 5.86. The van der Waals surface area contributed by atoms with Crippen molar-refractivity contribution in [3.63, 3.8) is 0 Å². The van der Waals surface area contributed by atoms with Crippen molar-refractivity contribution in [1.82, 2.24) is 10.6 Å².